The van der Waals surface area contributed by atoms with Gasteiger partial charge in [0.15, 0.2) is 17.5 Å². The van der Waals surface area contributed by atoms with E-state index in [0.717, 1.165) is 10.0 Å². The highest BCUT2D eigenvalue weighted by molar-refractivity contribution is 14.0. The summed E-state index contributed by atoms with van der Waals surface area (Å²) in [6.07, 6.45) is 0. The lowest BCUT2D eigenvalue weighted by atomic mass is 10.1. The zero-order chi connectivity index (χ0) is 17.5. The molecule has 0 atom stereocenters. The van der Waals surface area contributed by atoms with E-state index in [1.54, 1.807) is 28.4 Å². The summed E-state index contributed by atoms with van der Waals surface area (Å²) in [4.78, 5) is 4.21. The third kappa shape index (κ3) is 7.02. The highest BCUT2D eigenvalue weighted by Gasteiger charge is 2.16. The van der Waals surface area contributed by atoms with Gasteiger partial charge in [0.2, 0.25) is 0 Å². The lowest BCUT2D eigenvalue weighted by Crippen LogP contribution is -2.45. The van der Waals surface area contributed by atoms with E-state index < -0.39 is 0 Å². The fraction of sp³-hybridized carbons (Fsp3) is 0.562. The maximum Gasteiger partial charge on any atom is 0.191 e. The largest absolute Gasteiger partial charge is 0.493 e. The minimum Gasteiger partial charge on any atom is -0.493 e. The summed E-state index contributed by atoms with van der Waals surface area (Å²) in [5.74, 6) is 2.07. The molecular formula is C16H27BrIN3O3. The molecule has 0 fully saturated rings. The Balaban J connectivity index is 0.00000529. The predicted octanol–water partition coefficient (Wildman–Crippen LogP) is 3.17. The topological polar surface area (TPSA) is 64.1 Å². The van der Waals surface area contributed by atoms with E-state index in [2.05, 4.69) is 31.6 Å². The first-order valence-electron chi connectivity index (χ1n) is 7.27. The molecule has 0 aromatic heterocycles. The van der Waals surface area contributed by atoms with Crippen molar-refractivity contribution in [3.8, 4) is 11.5 Å². The van der Waals surface area contributed by atoms with Gasteiger partial charge in [0.1, 0.15) is 0 Å². The van der Waals surface area contributed by atoms with Gasteiger partial charge in [0, 0.05) is 27.2 Å². The van der Waals surface area contributed by atoms with E-state index in [1.165, 1.54) is 0 Å². The first-order valence-corrected chi connectivity index (χ1v) is 8.06. The fourth-order valence-corrected chi connectivity index (χ4v) is 2.50. The van der Waals surface area contributed by atoms with Crippen LogP contribution in [0.5, 0.6) is 11.5 Å². The van der Waals surface area contributed by atoms with Crippen LogP contribution in [0.1, 0.15) is 19.4 Å². The Morgan fingerprint density at radius 3 is 2.33 bits per heavy atom. The van der Waals surface area contributed by atoms with Gasteiger partial charge < -0.3 is 24.8 Å². The van der Waals surface area contributed by atoms with Gasteiger partial charge in [-0.2, -0.15) is 0 Å². The van der Waals surface area contributed by atoms with Gasteiger partial charge in [-0.15, -0.1) is 24.0 Å². The van der Waals surface area contributed by atoms with Crippen LogP contribution in [0.15, 0.2) is 21.6 Å². The molecule has 0 radical (unpaired) electrons. The molecule has 1 rings (SSSR count). The van der Waals surface area contributed by atoms with Crippen LogP contribution in [0, 0.1) is 0 Å². The molecule has 0 bridgehead atoms. The lowest BCUT2D eigenvalue weighted by molar-refractivity contribution is 0.0268. The summed E-state index contributed by atoms with van der Waals surface area (Å²) in [5, 5.41) is 6.51. The van der Waals surface area contributed by atoms with Crippen LogP contribution in [0.2, 0.25) is 0 Å². The third-order valence-electron chi connectivity index (χ3n) is 3.41. The Morgan fingerprint density at radius 1 is 1.17 bits per heavy atom. The van der Waals surface area contributed by atoms with Crippen molar-refractivity contribution in [3.63, 3.8) is 0 Å². The van der Waals surface area contributed by atoms with E-state index in [4.69, 9.17) is 14.2 Å². The van der Waals surface area contributed by atoms with Crippen molar-refractivity contribution < 1.29 is 14.2 Å². The molecule has 0 saturated heterocycles. The van der Waals surface area contributed by atoms with Gasteiger partial charge in [-0.3, -0.25) is 4.99 Å². The van der Waals surface area contributed by atoms with Crippen molar-refractivity contribution in [1.29, 1.82) is 0 Å². The van der Waals surface area contributed by atoms with Gasteiger partial charge in [-0.05, 0) is 47.5 Å². The number of guanidine groups is 1. The Bertz CT molecular complexity index is 554. The van der Waals surface area contributed by atoms with Crippen molar-refractivity contribution in [1.82, 2.24) is 10.6 Å². The molecular weight excluding hydrogens is 489 g/mol. The predicted molar refractivity (Wildman–Crippen MR) is 112 cm³/mol. The number of hydrogen-bond acceptors (Lipinski definition) is 4. The number of halogens is 2. The quantitative estimate of drug-likeness (QED) is 0.332. The minimum atomic E-state index is -0.260. The molecule has 0 heterocycles. The number of methoxy groups -OCH3 is 3. The van der Waals surface area contributed by atoms with Crippen LogP contribution in [0.3, 0.4) is 0 Å². The van der Waals surface area contributed by atoms with Crippen LogP contribution >= 0.6 is 39.9 Å². The maximum atomic E-state index is 5.38. The molecule has 24 heavy (non-hydrogen) atoms. The number of aliphatic imine (C=N–C) groups is 1. The second-order valence-electron chi connectivity index (χ2n) is 5.56. The molecule has 138 valence electrons. The van der Waals surface area contributed by atoms with Crippen molar-refractivity contribution in [2.75, 3.05) is 34.9 Å². The van der Waals surface area contributed by atoms with Gasteiger partial charge in [-0.25, -0.2) is 0 Å². The number of nitrogens with zero attached hydrogens (tertiary/aromatic N) is 1. The minimum absolute atomic E-state index is 0. The van der Waals surface area contributed by atoms with Crippen LogP contribution in [-0.4, -0.2) is 46.5 Å². The lowest BCUT2D eigenvalue weighted by Gasteiger charge is -2.24. The second kappa shape index (κ2) is 11.0. The molecule has 2 N–H and O–H groups in total. The van der Waals surface area contributed by atoms with Crippen LogP contribution in [-0.2, 0) is 11.3 Å². The summed E-state index contributed by atoms with van der Waals surface area (Å²) >= 11 is 3.49. The van der Waals surface area contributed by atoms with Crippen molar-refractivity contribution in [3.05, 3.63) is 22.2 Å². The van der Waals surface area contributed by atoms with Gasteiger partial charge in [-0.1, -0.05) is 0 Å². The molecule has 0 aliphatic heterocycles. The van der Waals surface area contributed by atoms with E-state index in [-0.39, 0.29) is 29.6 Å². The summed E-state index contributed by atoms with van der Waals surface area (Å²) in [7, 11) is 6.66. The second-order valence-corrected chi connectivity index (χ2v) is 6.41. The highest BCUT2D eigenvalue weighted by atomic mass is 127. The molecule has 0 amide bonds. The molecule has 0 aliphatic carbocycles. The Hall–Kier alpha value is -0.740. The first-order chi connectivity index (χ1) is 10.9. The third-order valence-corrected chi connectivity index (χ3v) is 4.00. The molecule has 8 heteroatoms. The number of hydrogen-bond donors (Lipinski definition) is 2. The first kappa shape index (κ1) is 23.3. The molecule has 6 nitrogen and oxygen atoms in total. The van der Waals surface area contributed by atoms with E-state index in [9.17, 15) is 0 Å². The van der Waals surface area contributed by atoms with Crippen molar-refractivity contribution in [2.24, 2.45) is 4.99 Å². The maximum absolute atomic E-state index is 5.38. The molecule has 0 aliphatic rings. The number of nitrogens with one attached hydrogen (secondary N) is 2. The number of ether oxygens (including phenoxy) is 3. The Kier molecular flexibility index (Phi) is 10.6. The zero-order valence-corrected chi connectivity index (χ0v) is 18.9. The zero-order valence-electron chi connectivity index (χ0n) is 15.0. The molecule has 0 saturated carbocycles. The van der Waals surface area contributed by atoms with E-state index in [0.29, 0.717) is 30.5 Å². The summed E-state index contributed by atoms with van der Waals surface area (Å²) in [6, 6.07) is 3.92. The summed E-state index contributed by atoms with van der Waals surface area (Å²) < 4.78 is 16.9. The van der Waals surface area contributed by atoms with E-state index in [1.807, 2.05) is 26.0 Å². The van der Waals surface area contributed by atoms with Crippen molar-refractivity contribution >= 4 is 45.9 Å². The van der Waals surface area contributed by atoms with Crippen LogP contribution in [0.4, 0.5) is 0 Å². The standard InChI is InChI=1S/C16H26BrN3O3.HI/c1-16(2,23-6)10-20-15(18-3)19-9-11-7-12(17)14(22-5)13(8-11)21-4;/h7-8H,9-10H2,1-6H3,(H2,18,19,20);1H. The highest BCUT2D eigenvalue weighted by Crippen LogP contribution is 2.36. The molecule has 0 spiro atoms. The van der Waals surface area contributed by atoms with Crippen LogP contribution < -0.4 is 20.1 Å². The van der Waals surface area contributed by atoms with E-state index >= 15 is 0 Å². The molecule has 0 unspecified atom stereocenters. The normalized spacial score (nSPS) is 11.5. The van der Waals surface area contributed by atoms with Gasteiger partial charge in [0.05, 0.1) is 24.3 Å². The van der Waals surface area contributed by atoms with Gasteiger partial charge in [0.25, 0.3) is 0 Å². The molecule has 1 aromatic carbocycles. The van der Waals surface area contributed by atoms with Crippen LogP contribution in [0.25, 0.3) is 0 Å². The monoisotopic (exact) mass is 515 g/mol. The average Bonchev–Trinajstić information content (AvgIpc) is 2.54. The Labute approximate surface area is 169 Å². The van der Waals surface area contributed by atoms with Gasteiger partial charge >= 0.3 is 0 Å². The summed E-state index contributed by atoms with van der Waals surface area (Å²) in [6.45, 7) is 5.28. The fourth-order valence-electron chi connectivity index (χ4n) is 1.85. The SMILES string of the molecule is CN=C(NCc1cc(Br)c(OC)c(OC)c1)NCC(C)(C)OC.I. The summed E-state index contributed by atoms with van der Waals surface area (Å²) in [5.41, 5.74) is 0.785. The number of benzene rings is 1. The molecule has 1 aromatic rings. The average molecular weight is 516 g/mol. The smallest absolute Gasteiger partial charge is 0.191 e. The van der Waals surface area contributed by atoms with Crippen molar-refractivity contribution in [2.45, 2.75) is 26.0 Å². The Morgan fingerprint density at radius 2 is 1.83 bits per heavy atom. The number of rotatable bonds is 7.